The Labute approximate surface area is 123 Å². The minimum Gasteiger partial charge on any atom is -0.361 e. The molecule has 2 rings (SSSR count). The van der Waals surface area contributed by atoms with Gasteiger partial charge in [0.05, 0.1) is 11.0 Å². The van der Waals surface area contributed by atoms with Gasteiger partial charge in [0.15, 0.2) is 9.84 Å². The van der Waals surface area contributed by atoms with Crippen molar-refractivity contribution in [3.63, 3.8) is 0 Å². The molecule has 3 atom stereocenters. The van der Waals surface area contributed by atoms with Crippen molar-refractivity contribution in [1.82, 2.24) is 4.90 Å². The van der Waals surface area contributed by atoms with Crippen LogP contribution in [0.4, 0.5) is 0 Å². The standard InChI is InChI=1S/C15H27NO3S/c1-11(20(5,17)18)9-16-10-19-14-7-6-12(8-13(14)16)15(2,3)4/h12-14H,1,6-10H2,2-5H3. The van der Waals surface area contributed by atoms with Crippen LogP contribution in [0.15, 0.2) is 11.5 Å². The van der Waals surface area contributed by atoms with Crippen molar-refractivity contribution in [2.75, 3.05) is 19.5 Å². The zero-order valence-electron chi connectivity index (χ0n) is 13.1. The van der Waals surface area contributed by atoms with E-state index in [0.717, 1.165) is 12.8 Å². The molecule has 0 bridgehead atoms. The quantitative estimate of drug-likeness (QED) is 0.803. The van der Waals surface area contributed by atoms with E-state index < -0.39 is 9.84 Å². The second-order valence-electron chi connectivity index (χ2n) is 7.34. The normalized spacial score (nSPS) is 32.1. The lowest BCUT2D eigenvalue weighted by atomic mass is 9.70. The van der Waals surface area contributed by atoms with Gasteiger partial charge in [-0.3, -0.25) is 4.90 Å². The van der Waals surface area contributed by atoms with Crippen LogP contribution in [-0.4, -0.2) is 45.0 Å². The number of hydrogen-bond donors (Lipinski definition) is 0. The van der Waals surface area contributed by atoms with E-state index in [0.29, 0.717) is 35.6 Å². The van der Waals surface area contributed by atoms with Gasteiger partial charge in [-0.15, -0.1) is 0 Å². The average molecular weight is 301 g/mol. The van der Waals surface area contributed by atoms with Gasteiger partial charge in [-0.1, -0.05) is 27.4 Å². The molecule has 0 aromatic rings. The molecule has 116 valence electrons. The molecule has 2 aliphatic rings. The summed E-state index contributed by atoms with van der Waals surface area (Å²) in [5, 5.41) is 0. The average Bonchev–Trinajstić information content (AvgIpc) is 2.69. The number of ether oxygens (including phenoxy) is 1. The molecule has 0 aromatic heterocycles. The van der Waals surface area contributed by atoms with Crippen LogP contribution in [0.5, 0.6) is 0 Å². The van der Waals surface area contributed by atoms with E-state index >= 15 is 0 Å². The first kappa shape index (κ1) is 16.0. The highest BCUT2D eigenvalue weighted by Crippen LogP contribution is 2.42. The third-order valence-corrected chi connectivity index (χ3v) is 5.98. The first-order valence-electron chi connectivity index (χ1n) is 7.32. The molecule has 1 saturated carbocycles. The molecule has 1 aliphatic heterocycles. The van der Waals surface area contributed by atoms with Gasteiger partial charge in [0.2, 0.25) is 0 Å². The summed E-state index contributed by atoms with van der Waals surface area (Å²) in [6.45, 7) is 11.5. The van der Waals surface area contributed by atoms with Gasteiger partial charge in [0.1, 0.15) is 6.73 Å². The molecule has 1 heterocycles. The third-order valence-electron chi connectivity index (χ3n) is 4.81. The highest BCUT2D eigenvalue weighted by Gasteiger charge is 2.43. The van der Waals surface area contributed by atoms with E-state index in [2.05, 4.69) is 32.3 Å². The Hall–Kier alpha value is -0.390. The van der Waals surface area contributed by atoms with E-state index in [9.17, 15) is 8.42 Å². The molecular weight excluding hydrogens is 274 g/mol. The number of hydrogen-bond acceptors (Lipinski definition) is 4. The second-order valence-corrected chi connectivity index (χ2v) is 9.46. The van der Waals surface area contributed by atoms with Crippen LogP contribution >= 0.6 is 0 Å². The highest BCUT2D eigenvalue weighted by atomic mass is 32.2. The predicted octanol–water partition coefficient (Wildman–Crippen LogP) is 2.42. The molecule has 1 aliphatic carbocycles. The monoisotopic (exact) mass is 301 g/mol. The maximum absolute atomic E-state index is 11.5. The topological polar surface area (TPSA) is 46.6 Å². The smallest absolute Gasteiger partial charge is 0.172 e. The number of fused-ring (bicyclic) bond motifs is 1. The van der Waals surface area contributed by atoms with Gasteiger partial charge in [0.25, 0.3) is 0 Å². The van der Waals surface area contributed by atoms with E-state index in [1.54, 1.807) is 0 Å². The molecule has 0 aromatic carbocycles. The number of rotatable bonds is 3. The Kier molecular flexibility index (Phi) is 4.34. The van der Waals surface area contributed by atoms with Gasteiger partial charge >= 0.3 is 0 Å². The van der Waals surface area contributed by atoms with E-state index in [4.69, 9.17) is 4.74 Å². The first-order valence-corrected chi connectivity index (χ1v) is 9.21. The summed E-state index contributed by atoms with van der Waals surface area (Å²) in [5.41, 5.74) is 0.299. The van der Waals surface area contributed by atoms with Crippen LogP contribution < -0.4 is 0 Å². The van der Waals surface area contributed by atoms with E-state index in [1.807, 2.05) is 0 Å². The van der Waals surface area contributed by atoms with Crippen LogP contribution in [0.2, 0.25) is 0 Å². The summed E-state index contributed by atoms with van der Waals surface area (Å²) in [6.07, 6.45) is 4.86. The molecule has 0 radical (unpaired) electrons. The Morgan fingerprint density at radius 1 is 1.35 bits per heavy atom. The lowest BCUT2D eigenvalue weighted by Crippen LogP contribution is -2.43. The molecule has 20 heavy (non-hydrogen) atoms. The Morgan fingerprint density at radius 3 is 2.55 bits per heavy atom. The van der Waals surface area contributed by atoms with Crippen LogP contribution in [0.25, 0.3) is 0 Å². The third kappa shape index (κ3) is 3.43. The highest BCUT2D eigenvalue weighted by molar-refractivity contribution is 7.94. The summed E-state index contributed by atoms with van der Waals surface area (Å²) < 4.78 is 28.9. The van der Waals surface area contributed by atoms with Gasteiger partial charge in [-0.05, 0) is 30.6 Å². The fourth-order valence-electron chi connectivity index (χ4n) is 3.28. The zero-order chi connectivity index (χ0) is 15.1. The summed E-state index contributed by atoms with van der Waals surface area (Å²) in [5.74, 6) is 0.666. The van der Waals surface area contributed by atoms with Gasteiger partial charge in [-0.25, -0.2) is 8.42 Å². The summed E-state index contributed by atoms with van der Waals surface area (Å²) in [7, 11) is -3.16. The van der Waals surface area contributed by atoms with Crippen molar-refractivity contribution in [2.24, 2.45) is 11.3 Å². The maximum atomic E-state index is 11.5. The predicted molar refractivity (Wildman–Crippen MR) is 81.0 cm³/mol. The van der Waals surface area contributed by atoms with Gasteiger partial charge in [-0.2, -0.15) is 0 Å². The number of sulfone groups is 1. The van der Waals surface area contributed by atoms with Crippen molar-refractivity contribution in [2.45, 2.75) is 52.2 Å². The Balaban J connectivity index is 2.05. The van der Waals surface area contributed by atoms with Crippen LogP contribution in [0, 0.1) is 11.3 Å². The molecular formula is C15H27NO3S. The lowest BCUT2D eigenvalue weighted by molar-refractivity contribution is 0.0491. The molecule has 3 unspecified atom stereocenters. The van der Waals surface area contributed by atoms with Crippen molar-refractivity contribution < 1.29 is 13.2 Å². The fraction of sp³-hybridized carbons (Fsp3) is 0.867. The molecule has 0 amide bonds. The zero-order valence-corrected chi connectivity index (χ0v) is 13.9. The number of nitrogens with zero attached hydrogens (tertiary/aromatic N) is 1. The summed E-state index contributed by atoms with van der Waals surface area (Å²) >= 11 is 0. The summed E-state index contributed by atoms with van der Waals surface area (Å²) in [6, 6.07) is 0.339. The maximum Gasteiger partial charge on any atom is 0.172 e. The molecule has 2 fully saturated rings. The van der Waals surface area contributed by atoms with Crippen molar-refractivity contribution in [3.05, 3.63) is 11.5 Å². The van der Waals surface area contributed by atoms with Crippen molar-refractivity contribution >= 4 is 9.84 Å². The SMILES string of the molecule is C=C(CN1COC2CCC(C(C)(C)C)CC21)S(C)(=O)=O. The van der Waals surface area contributed by atoms with Crippen molar-refractivity contribution in [3.8, 4) is 0 Å². The minimum atomic E-state index is -3.16. The molecule has 0 spiro atoms. The van der Waals surface area contributed by atoms with Crippen molar-refractivity contribution in [1.29, 1.82) is 0 Å². The van der Waals surface area contributed by atoms with Crippen LogP contribution in [-0.2, 0) is 14.6 Å². The summed E-state index contributed by atoms with van der Waals surface area (Å²) in [4.78, 5) is 2.44. The largest absolute Gasteiger partial charge is 0.361 e. The Bertz CT molecular complexity index is 478. The molecule has 0 N–H and O–H groups in total. The first-order chi connectivity index (χ1) is 9.09. The molecule has 5 heteroatoms. The van der Waals surface area contributed by atoms with Crippen LogP contribution in [0.3, 0.4) is 0 Å². The fourth-order valence-corrected chi connectivity index (χ4v) is 3.68. The van der Waals surface area contributed by atoms with Crippen LogP contribution in [0.1, 0.15) is 40.0 Å². The molecule has 1 saturated heterocycles. The van der Waals surface area contributed by atoms with Gasteiger partial charge in [0, 0.05) is 18.8 Å². The van der Waals surface area contributed by atoms with E-state index in [-0.39, 0.29) is 6.10 Å². The minimum absolute atomic E-state index is 0.265. The molecule has 4 nitrogen and oxygen atoms in total. The van der Waals surface area contributed by atoms with Gasteiger partial charge < -0.3 is 4.74 Å². The Morgan fingerprint density at radius 2 is 2.00 bits per heavy atom. The van der Waals surface area contributed by atoms with E-state index in [1.165, 1.54) is 12.7 Å². The lowest BCUT2D eigenvalue weighted by Gasteiger charge is -2.40. The second kappa shape index (κ2) is 5.43.